The van der Waals surface area contributed by atoms with Crippen LogP contribution >= 0.6 is 0 Å². The largest absolute Gasteiger partial charge is 0.355 e. The quantitative estimate of drug-likeness (QED) is 0.769. The van der Waals surface area contributed by atoms with Gasteiger partial charge in [0.1, 0.15) is 6.04 Å². The minimum Gasteiger partial charge on any atom is -0.355 e. The van der Waals surface area contributed by atoms with Crippen LogP contribution in [-0.2, 0) is 17.8 Å². The van der Waals surface area contributed by atoms with Crippen molar-refractivity contribution in [3.05, 3.63) is 17.7 Å². The van der Waals surface area contributed by atoms with Gasteiger partial charge in [0.2, 0.25) is 5.91 Å². The van der Waals surface area contributed by atoms with E-state index in [1.54, 1.807) is 6.33 Å². The summed E-state index contributed by atoms with van der Waals surface area (Å²) in [6, 6.07) is -0.172. The van der Waals surface area contributed by atoms with Gasteiger partial charge in [-0.25, -0.2) is 4.98 Å². The van der Waals surface area contributed by atoms with Crippen LogP contribution in [0.5, 0.6) is 0 Å². The van der Waals surface area contributed by atoms with E-state index >= 15 is 0 Å². The Kier molecular flexibility index (Phi) is 3.24. The number of hydrogen-bond donors (Lipinski definition) is 2. The third-order valence-corrected chi connectivity index (χ3v) is 2.96. The van der Waals surface area contributed by atoms with Gasteiger partial charge in [0.15, 0.2) is 0 Å². The van der Waals surface area contributed by atoms with Gasteiger partial charge in [-0.2, -0.15) is 0 Å². The third-order valence-electron chi connectivity index (χ3n) is 2.96. The van der Waals surface area contributed by atoms with Crippen molar-refractivity contribution >= 4 is 5.91 Å². The summed E-state index contributed by atoms with van der Waals surface area (Å²) in [6.07, 6.45) is 2.72. The smallest absolute Gasteiger partial charge is 0.242 e. The van der Waals surface area contributed by atoms with Gasteiger partial charge < -0.3 is 15.2 Å². The van der Waals surface area contributed by atoms with Crippen molar-refractivity contribution in [2.24, 2.45) is 0 Å². The monoisotopic (exact) mass is 222 g/mol. The van der Waals surface area contributed by atoms with E-state index in [1.165, 1.54) is 5.69 Å². The minimum absolute atomic E-state index is 0.0567. The zero-order chi connectivity index (χ0) is 11.5. The molecule has 1 unspecified atom stereocenters. The van der Waals surface area contributed by atoms with Gasteiger partial charge in [0.25, 0.3) is 0 Å². The van der Waals surface area contributed by atoms with Crippen LogP contribution in [-0.4, -0.2) is 28.5 Å². The first kappa shape index (κ1) is 11.1. The van der Waals surface area contributed by atoms with Crippen LogP contribution in [0.25, 0.3) is 0 Å². The highest BCUT2D eigenvalue weighted by Gasteiger charge is 2.21. The van der Waals surface area contributed by atoms with E-state index in [-0.39, 0.29) is 11.9 Å². The molecule has 2 heterocycles. The molecule has 0 aromatic carbocycles. The van der Waals surface area contributed by atoms with Crippen molar-refractivity contribution in [1.82, 2.24) is 20.2 Å². The molecule has 1 aliphatic rings. The summed E-state index contributed by atoms with van der Waals surface area (Å²) in [5, 5.41) is 6.11. The topological polar surface area (TPSA) is 59.0 Å². The highest BCUT2D eigenvalue weighted by atomic mass is 16.2. The molecule has 16 heavy (non-hydrogen) atoms. The molecular weight excluding hydrogens is 204 g/mol. The van der Waals surface area contributed by atoms with E-state index in [4.69, 9.17) is 0 Å². The number of carbonyl (C=O) groups is 1. The number of fused-ring (bicyclic) bond motifs is 1. The molecule has 1 aromatic rings. The second-order valence-electron chi connectivity index (χ2n) is 4.04. The number of aromatic nitrogens is 2. The fourth-order valence-electron chi connectivity index (χ4n) is 2.04. The number of nitrogens with zero attached hydrogens (tertiary/aromatic N) is 2. The second-order valence-corrected chi connectivity index (χ2v) is 4.04. The third kappa shape index (κ3) is 1.95. The Labute approximate surface area is 95.2 Å². The van der Waals surface area contributed by atoms with Crippen molar-refractivity contribution in [3.63, 3.8) is 0 Å². The molecule has 0 bridgehead atoms. The number of hydrogen-bond acceptors (Lipinski definition) is 3. The fourth-order valence-corrected chi connectivity index (χ4v) is 2.04. The molecule has 0 saturated heterocycles. The molecule has 5 nitrogen and oxygen atoms in total. The van der Waals surface area contributed by atoms with Gasteiger partial charge in [0.05, 0.1) is 12.0 Å². The fraction of sp³-hybridized carbons (Fsp3) is 0.636. The van der Waals surface area contributed by atoms with Crippen molar-refractivity contribution in [2.75, 3.05) is 13.1 Å². The van der Waals surface area contributed by atoms with Crippen molar-refractivity contribution in [2.45, 2.75) is 32.9 Å². The van der Waals surface area contributed by atoms with Crippen LogP contribution in [0.4, 0.5) is 0 Å². The first-order valence-electron chi connectivity index (χ1n) is 5.77. The molecule has 0 spiro atoms. The van der Waals surface area contributed by atoms with Gasteiger partial charge in [0, 0.05) is 31.7 Å². The second kappa shape index (κ2) is 4.65. The number of amides is 1. The Bertz CT molecular complexity index is 385. The van der Waals surface area contributed by atoms with E-state index in [9.17, 15) is 4.79 Å². The van der Waals surface area contributed by atoms with Crippen LogP contribution in [0.15, 0.2) is 6.33 Å². The first-order valence-corrected chi connectivity index (χ1v) is 5.77. The van der Waals surface area contributed by atoms with E-state index < -0.39 is 0 Å². The molecular formula is C11H18N4O. The van der Waals surface area contributed by atoms with Crippen LogP contribution in [0, 0.1) is 0 Å². The molecule has 0 saturated carbocycles. The van der Waals surface area contributed by atoms with Crippen molar-refractivity contribution < 1.29 is 4.79 Å². The highest BCUT2D eigenvalue weighted by Crippen LogP contribution is 2.17. The highest BCUT2D eigenvalue weighted by molar-refractivity contribution is 5.79. The molecule has 0 radical (unpaired) electrons. The molecule has 2 rings (SSSR count). The lowest BCUT2D eigenvalue weighted by Crippen LogP contribution is -2.32. The molecule has 2 N–H and O–H groups in total. The Balaban J connectivity index is 2.20. The lowest BCUT2D eigenvalue weighted by Gasteiger charge is -2.19. The van der Waals surface area contributed by atoms with Crippen LogP contribution < -0.4 is 10.6 Å². The van der Waals surface area contributed by atoms with Crippen molar-refractivity contribution in [3.8, 4) is 0 Å². The Morgan fingerprint density at radius 1 is 1.75 bits per heavy atom. The standard InChI is InChI=1S/C11H18N4O/c1-3-13-11(16)8(2)15-7-14-9-6-12-5-4-10(9)15/h7-8,12H,3-6H2,1-2H3,(H,13,16). The Morgan fingerprint density at radius 3 is 3.31 bits per heavy atom. The van der Waals surface area contributed by atoms with Crippen molar-refractivity contribution in [1.29, 1.82) is 0 Å². The van der Waals surface area contributed by atoms with Crippen LogP contribution in [0.2, 0.25) is 0 Å². The molecule has 1 aliphatic heterocycles. The average molecular weight is 222 g/mol. The normalized spacial score (nSPS) is 16.6. The van der Waals surface area contributed by atoms with Gasteiger partial charge in [-0.3, -0.25) is 4.79 Å². The van der Waals surface area contributed by atoms with Gasteiger partial charge in [-0.15, -0.1) is 0 Å². The first-order chi connectivity index (χ1) is 7.74. The lowest BCUT2D eigenvalue weighted by atomic mass is 10.1. The number of carbonyl (C=O) groups excluding carboxylic acids is 1. The maximum Gasteiger partial charge on any atom is 0.242 e. The average Bonchev–Trinajstić information content (AvgIpc) is 2.72. The molecule has 1 atom stereocenters. The summed E-state index contributed by atoms with van der Waals surface area (Å²) < 4.78 is 1.99. The van der Waals surface area contributed by atoms with Crippen LogP contribution in [0.1, 0.15) is 31.3 Å². The maximum absolute atomic E-state index is 11.8. The minimum atomic E-state index is -0.172. The lowest BCUT2D eigenvalue weighted by molar-refractivity contribution is -0.123. The van der Waals surface area contributed by atoms with E-state index in [0.717, 1.165) is 25.2 Å². The number of rotatable bonds is 3. The predicted molar refractivity (Wildman–Crippen MR) is 61.0 cm³/mol. The van der Waals surface area contributed by atoms with Gasteiger partial charge in [-0.05, 0) is 13.8 Å². The molecule has 1 aromatic heterocycles. The molecule has 0 fully saturated rings. The predicted octanol–water partition coefficient (Wildman–Crippen LogP) is 0.226. The van der Waals surface area contributed by atoms with E-state index in [1.807, 2.05) is 18.4 Å². The summed E-state index contributed by atoms with van der Waals surface area (Å²) in [6.45, 7) is 6.28. The van der Waals surface area contributed by atoms with Gasteiger partial charge >= 0.3 is 0 Å². The molecule has 88 valence electrons. The SMILES string of the molecule is CCNC(=O)C(C)n1cnc2c1CCNC2. The summed E-state index contributed by atoms with van der Waals surface area (Å²) >= 11 is 0. The number of imidazole rings is 1. The Hall–Kier alpha value is -1.36. The zero-order valence-electron chi connectivity index (χ0n) is 9.79. The van der Waals surface area contributed by atoms with Crippen LogP contribution in [0.3, 0.4) is 0 Å². The number of nitrogens with one attached hydrogen (secondary N) is 2. The summed E-state index contributed by atoms with van der Waals surface area (Å²) in [5.41, 5.74) is 2.26. The maximum atomic E-state index is 11.8. The van der Waals surface area contributed by atoms with E-state index in [2.05, 4.69) is 15.6 Å². The zero-order valence-corrected chi connectivity index (χ0v) is 9.79. The van der Waals surface area contributed by atoms with Gasteiger partial charge in [-0.1, -0.05) is 0 Å². The summed E-state index contributed by atoms with van der Waals surface area (Å²) in [5.74, 6) is 0.0567. The molecule has 0 aliphatic carbocycles. The molecule has 5 heteroatoms. The molecule has 1 amide bonds. The van der Waals surface area contributed by atoms with E-state index in [0.29, 0.717) is 6.54 Å². The summed E-state index contributed by atoms with van der Waals surface area (Å²) in [7, 11) is 0. The Morgan fingerprint density at radius 2 is 2.56 bits per heavy atom. The number of likely N-dealkylation sites (N-methyl/N-ethyl adjacent to an activating group) is 1. The summed E-state index contributed by atoms with van der Waals surface area (Å²) in [4.78, 5) is 16.1.